The van der Waals surface area contributed by atoms with E-state index in [2.05, 4.69) is 39.6 Å². The van der Waals surface area contributed by atoms with E-state index < -0.39 is 0 Å². The van der Waals surface area contributed by atoms with Crippen LogP contribution in [0, 0.1) is 0 Å². The average molecular weight is 369 g/mol. The predicted octanol–water partition coefficient (Wildman–Crippen LogP) is 2.98. The molecule has 0 aliphatic carbocycles. The molecule has 27 heavy (non-hydrogen) atoms. The van der Waals surface area contributed by atoms with Gasteiger partial charge < -0.3 is 14.8 Å². The number of hydrogen-bond donors (Lipinski definition) is 1. The number of methoxy groups -OCH3 is 1. The Hall–Kier alpha value is -2.31. The molecule has 1 aromatic heterocycles. The quantitative estimate of drug-likeness (QED) is 0.812. The van der Waals surface area contributed by atoms with Crippen LogP contribution in [0.4, 0.5) is 0 Å². The molecule has 144 valence electrons. The molecule has 1 aliphatic heterocycles. The van der Waals surface area contributed by atoms with Crippen LogP contribution in [0.2, 0.25) is 0 Å². The number of carbonyl (C=O) groups is 1. The number of ether oxygens (including phenoxy) is 2. The van der Waals surface area contributed by atoms with E-state index in [-0.39, 0.29) is 24.2 Å². The van der Waals surface area contributed by atoms with E-state index in [0.29, 0.717) is 12.4 Å². The van der Waals surface area contributed by atoms with Gasteiger partial charge in [-0.15, -0.1) is 0 Å². The van der Waals surface area contributed by atoms with E-state index in [0.717, 1.165) is 31.2 Å². The summed E-state index contributed by atoms with van der Waals surface area (Å²) in [4.78, 5) is 20.3. The second-order valence-corrected chi connectivity index (χ2v) is 7.01. The third-order valence-electron chi connectivity index (χ3n) is 4.78. The first-order valence-corrected chi connectivity index (χ1v) is 9.40. The van der Waals surface area contributed by atoms with E-state index in [9.17, 15) is 4.79 Å². The summed E-state index contributed by atoms with van der Waals surface area (Å²) in [5.41, 5.74) is 2.24. The van der Waals surface area contributed by atoms with Crippen molar-refractivity contribution in [3.8, 4) is 0 Å². The second kappa shape index (κ2) is 9.58. The Bertz CT molecular complexity index is 721. The highest BCUT2D eigenvalue weighted by atomic mass is 16.5. The molecule has 3 atom stereocenters. The molecule has 0 saturated carbocycles. The molecule has 0 radical (unpaired) electrons. The summed E-state index contributed by atoms with van der Waals surface area (Å²) in [7, 11) is 1.62. The molecule has 1 aliphatic rings. The van der Waals surface area contributed by atoms with Crippen molar-refractivity contribution in [3.63, 3.8) is 0 Å². The lowest BCUT2D eigenvalue weighted by Gasteiger charge is -2.36. The number of carbonyl (C=O) groups excluding carboxylic acids is 1. The van der Waals surface area contributed by atoms with Crippen LogP contribution in [-0.4, -0.2) is 35.1 Å². The van der Waals surface area contributed by atoms with Crippen molar-refractivity contribution in [1.29, 1.82) is 0 Å². The van der Waals surface area contributed by atoms with Gasteiger partial charge in [-0.3, -0.25) is 4.79 Å². The summed E-state index contributed by atoms with van der Waals surface area (Å²) >= 11 is 0. The molecule has 6 nitrogen and oxygen atoms in total. The third kappa shape index (κ3) is 5.84. The van der Waals surface area contributed by atoms with Gasteiger partial charge in [0.15, 0.2) is 5.82 Å². The van der Waals surface area contributed by atoms with Gasteiger partial charge in [0.25, 0.3) is 0 Å². The molecule has 1 saturated heterocycles. The summed E-state index contributed by atoms with van der Waals surface area (Å²) in [6.07, 6.45) is 6.99. The van der Waals surface area contributed by atoms with Crippen LogP contribution in [0.25, 0.3) is 0 Å². The first-order chi connectivity index (χ1) is 13.1. The summed E-state index contributed by atoms with van der Waals surface area (Å²) in [5, 5.41) is 3.06. The molecular weight excluding hydrogens is 342 g/mol. The summed E-state index contributed by atoms with van der Waals surface area (Å²) in [6, 6.07) is 10.5. The van der Waals surface area contributed by atoms with Gasteiger partial charge in [0.1, 0.15) is 6.61 Å². The van der Waals surface area contributed by atoms with Gasteiger partial charge in [-0.1, -0.05) is 30.3 Å². The normalized spacial score (nSPS) is 22.4. The highest BCUT2D eigenvalue weighted by molar-refractivity contribution is 5.73. The van der Waals surface area contributed by atoms with Crippen LogP contribution in [0.15, 0.2) is 42.7 Å². The number of rotatable bonds is 7. The number of aromatic nitrogens is 2. The second-order valence-electron chi connectivity index (χ2n) is 7.01. The lowest BCUT2D eigenvalue weighted by molar-refractivity contribution is -0.122. The number of nitrogens with zero attached hydrogens (tertiary/aromatic N) is 2. The fourth-order valence-corrected chi connectivity index (χ4v) is 3.53. The smallest absolute Gasteiger partial charge is 0.217 e. The Kier molecular flexibility index (Phi) is 6.90. The SMILES string of the molecule is COCc1ncc([C@H]2C[C@@H](NC(C)=O)C[C@@H](CCc3ccccc3)O2)cn1. The van der Waals surface area contributed by atoms with E-state index in [1.807, 2.05) is 6.07 Å². The summed E-state index contributed by atoms with van der Waals surface area (Å²) < 4.78 is 11.4. The lowest BCUT2D eigenvalue weighted by Crippen LogP contribution is -2.42. The predicted molar refractivity (Wildman–Crippen MR) is 102 cm³/mol. The first-order valence-electron chi connectivity index (χ1n) is 9.40. The van der Waals surface area contributed by atoms with Crippen molar-refractivity contribution in [2.24, 2.45) is 0 Å². The molecule has 0 spiro atoms. The van der Waals surface area contributed by atoms with Crippen LogP contribution in [0.3, 0.4) is 0 Å². The minimum Gasteiger partial charge on any atom is -0.377 e. The lowest BCUT2D eigenvalue weighted by atomic mass is 9.92. The van der Waals surface area contributed by atoms with E-state index >= 15 is 0 Å². The fourth-order valence-electron chi connectivity index (χ4n) is 3.53. The monoisotopic (exact) mass is 369 g/mol. The fraction of sp³-hybridized carbons (Fsp3) is 0.476. The van der Waals surface area contributed by atoms with E-state index in [4.69, 9.17) is 9.47 Å². The topological polar surface area (TPSA) is 73.3 Å². The molecule has 3 rings (SSSR count). The number of aryl methyl sites for hydroxylation is 1. The van der Waals surface area contributed by atoms with Crippen molar-refractivity contribution in [3.05, 3.63) is 59.7 Å². The van der Waals surface area contributed by atoms with E-state index in [1.165, 1.54) is 5.56 Å². The zero-order valence-electron chi connectivity index (χ0n) is 15.9. The molecule has 2 heterocycles. The number of amides is 1. The van der Waals surface area contributed by atoms with Crippen molar-refractivity contribution in [2.45, 2.75) is 57.5 Å². The van der Waals surface area contributed by atoms with Crippen LogP contribution in [0.5, 0.6) is 0 Å². The van der Waals surface area contributed by atoms with Crippen LogP contribution in [-0.2, 0) is 27.3 Å². The van der Waals surface area contributed by atoms with Crippen LogP contribution in [0.1, 0.15) is 49.2 Å². The zero-order chi connectivity index (χ0) is 19.1. The number of hydrogen-bond acceptors (Lipinski definition) is 5. The van der Waals surface area contributed by atoms with Crippen molar-refractivity contribution in [2.75, 3.05) is 7.11 Å². The van der Waals surface area contributed by atoms with Crippen LogP contribution >= 0.6 is 0 Å². The van der Waals surface area contributed by atoms with Crippen molar-refractivity contribution < 1.29 is 14.3 Å². The van der Waals surface area contributed by atoms with Gasteiger partial charge in [0, 0.05) is 38.0 Å². The summed E-state index contributed by atoms with van der Waals surface area (Å²) in [6.45, 7) is 1.95. The minimum atomic E-state index is -0.118. The first kappa shape index (κ1) is 19.5. The molecule has 0 bridgehead atoms. The Labute approximate surface area is 160 Å². The average Bonchev–Trinajstić information content (AvgIpc) is 2.67. The maximum Gasteiger partial charge on any atom is 0.217 e. The van der Waals surface area contributed by atoms with E-state index in [1.54, 1.807) is 26.4 Å². The maximum absolute atomic E-state index is 11.6. The molecule has 1 fully saturated rings. The Morgan fingerprint density at radius 3 is 2.63 bits per heavy atom. The molecule has 1 aromatic carbocycles. The third-order valence-corrected chi connectivity index (χ3v) is 4.78. The molecular formula is C21H27N3O3. The Morgan fingerprint density at radius 2 is 1.96 bits per heavy atom. The largest absolute Gasteiger partial charge is 0.377 e. The highest BCUT2D eigenvalue weighted by Crippen LogP contribution is 2.32. The van der Waals surface area contributed by atoms with Gasteiger partial charge in [0.05, 0.1) is 12.2 Å². The van der Waals surface area contributed by atoms with Crippen LogP contribution < -0.4 is 5.32 Å². The van der Waals surface area contributed by atoms with Gasteiger partial charge >= 0.3 is 0 Å². The number of benzene rings is 1. The molecule has 1 amide bonds. The molecule has 2 aromatic rings. The standard InChI is InChI=1S/C21H27N3O3/c1-15(25)24-18-10-19(9-8-16-6-4-3-5-7-16)27-20(11-18)17-12-22-21(14-26-2)23-13-17/h3-7,12-13,18-20H,8-11,14H2,1-2H3,(H,24,25)/t18-,19+,20+/m0/s1. The number of nitrogens with one attached hydrogen (secondary N) is 1. The van der Waals surface area contributed by atoms with Gasteiger partial charge in [0.2, 0.25) is 5.91 Å². The maximum atomic E-state index is 11.6. The Morgan fingerprint density at radius 1 is 1.22 bits per heavy atom. The molecule has 1 N–H and O–H groups in total. The van der Waals surface area contributed by atoms with Gasteiger partial charge in [-0.05, 0) is 31.2 Å². The molecule has 0 unspecified atom stereocenters. The minimum absolute atomic E-state index is 0.00541. The van der Waals surface area contributed by atoms with Crippen molar-refractivity contribution in [1.82, 2.24) is 15.3 Å². The summed E-state index contributed by atoms with van der Waals surface area (Å²) in [5.74, 6) is 0.644. The Balaban J connectivity index is 1.67. The molecule has 6 heteroatoms. The highest BCUT2D eigenvalue weighted by Gasteiger charge is 2.31. The van der Waals surface area contributed by atoms with Crippen molar-refractivity contribution >= 4 is 5.91 Å². The van der Waals surface area contributed by atoms with Gasteiger partial charge in [-0.25, -0.2) is 9.97 Å². The van der Waals surface area contributed by atoms with Gasteiger partial charge in [-0.2, -0.15) is 0 Å². The zero-order valence-corrected chi connectivity index (χ0v) is 15.9.